The molecule has 7 heteroatoms. The standard InChI is InChI=1S/C20H13FN6/c21-14-3-1-2-12(10-14)17-18(27-9-8-25-20(27)19(22)26-17)13-4-5-15-16(11-13)24-7-6-23-15/h1-11H,(H2,22,26). The number of benzene rings is 2. The molecule has 0 aliphatic heterocycles. The molecule has 0 spiro atoms. The summed E-state index contributed by atoms with van der Waals surface area (Å²) < 4.78 is 15.7. The Kier molecular flexibility index (Phi) is 3.33. The van der Waals surface area contributed by atoms with Crippen LogP contribution in [0.15, 0.2) is 67.3 Å². The van der Waals surface area contributed by atoms with Crippen LogP contribution in [0.25, 0.3) is 39.2 Å². The number of rotatable bonds is 2. The topological polar surface area (TPSA) is 82.0 Å². The quantitative estimate of drug-likeness (QED) is 0.521. The Morgan fingerprint density at radius 2 is 1.70 bits per heavy atom. The van der Waals surface area contributed by atoms with Gasteiger partial charge in [-0.15, -0.1) is 0 Å². The Morgan fingerprint density at radius 3 is 2.56 bits per heavy atom. The summed E-state index contributed by atoms with van der Waals surface area (Å²) >= 11 is 0. The maximum atomic E-state index is 13.9. The van der Waals surface area contributed by atoms with Crippen LogP contribution in [-0.2, 0) is 0 Å². The SMILES string of the molecule is Nc1nc(-c2cccc(F)c2)c(-c2ccc3nccnc3c2)n2ccnc12. The van der Waals surface area contributed by atoms with Gasteiger partial charge in [0.05, 0.1) is 22.4 Å². The lowest BCUT2D eigenvalue weighted by molar-refractivity contribution is 0.628. The molecule has 6 nitrogen and oxygen atoms in total. The van der Waals surface area contributed by atoms with Crippen molar-refractivity contribution in [2.45, 2.75) is 0 Å². The lowest BCUT2D eigenvalue weighted by Gasteiger charge is -2.14. The number of aromatic nitrogens is 5. The van der Waals surface area contributed by atoms with Crippen molar-refractivity contribution >= 4 is 22.5 Å². The molecule has 0 saturated carbocycles. The minimum absolute atomic E-state index is 0.281. The van der Waals surface area contributed by atoms with Crippen molar-refractivity contribution in [2.75, 3.05) is 5.73 Å². The lowest BCUT2D eigenvalue weighted by atomic mass is 10.0. The van der Waals surface area contributed by atoms with Crippen molar-refractivity contribution in [1.29, 1.82) is 0 Å². The largest absolute Gasteiger partial charge is 0.381 e. The van der Waals surface area contributed by atoms with E-state index in [4.69, 9.17) is 5.73 Å². The first-order chi connectivity index (χ1) is 13.2. The van der Waals surface area contributed by atoms with Crippen LogP contribution in [0.4, 0.5) is 10.2 Å². The molecule has 3 aromatic heterocycles. The molecule has 0 fully saturated rings. The fourth-order valence-corrected chi connectivity index (χ4v) is 3.23. The van der Waals surface area contributed by atoms with E-state index in [1.165, 1.54) is 12.1 Å². The van der Waals surface area contributed by atoms with Crippen LogP contribution in [0.2, 0.25) is 0 Å². The summed E-state index contributed by atoms with van der Waals surface area (Å²) in [4.78, 5) is 17.5. The molecule has 5 rings (SSSR count). The van der Waals surface area contributed by atoms with E-state index < -0.39 is 0 Å². The number of nitrogens with two attached hydrogens (primary N) is 1. The van der Waals surface area contributed by atoms with Crippen LogP contribution in [0.5, 0.6) is 0 Å². The number of halogens is 1. The molecule has 2 aromatic carbocycles. The van der Waals surface area contributed by atoms with Gasteiger partial charge in [0, 0.05) is 35.9 Å². The van der Waals surface area contributed by atoms with Crippen molar-refractivity contribution in [3.8, 4) is 22.5 Å². The maximum Gasteiger partial charge on any atom is 0.180 e. The molecule has 0 aliphatic rings. The van der Waals surface area contributed by atoms with E-state index in [0.29, 0.717) is 16.9 Å². The number of imidazole rings is 1. The summed E-state index contributed by atoms with van der Waals surface area (Å²) in [6, 6.07) is 12.0. The Balaban J connectivity index is 1.87. The normalized spacial score (nSPS) is 11.3. The van der Waals surface area contributed by atoms with Gasteiger partial charge in [0.25, 0.3) is 0 Å². The summed E-state index contributed by atoms with van der Waals surface area (Å²) in [7, 11) is 0. The Labute approximate surface area is 153 Å². The third-order valence-electron chi connectivity index (χ3n) is 4.41. The number of nitrogens with zero attached hydrogens (tertiary/aromatic N) is 5. The van der Waals surface area contributed by atoms with Gasteiger partial charge in [-0.25, -0.2) is 14.4 Å². The van der Waals surface area contributed by atoms with Crippen molar-refractivity contribution < 1.29 is 4.39 Å². The van der Waals surface area contributed by atoms with Crippen LogP contribution in [0.1, 0.15) is 0 Å². The van der Waals surface area contributed by atoms with Gasteiger partial charge in [-0.2, -0.15) is 0 Å². The number of hydrogen-bond acceptors (Lipinski definition) is 5. The van der Waals surface area contributed by atoms with Crippen molar-refractivity contribution in [3.63, 3.8) is 0 Å². The molecule has 0 atom stereocenters. The zero-order valence-corrected chi connectivity index (χ0v) is 14.0. The Bertz CT molecular complexity index is 1310. The Hall–Kier alpha value is -3.87. The summed E-state index contributed by atoms with van der Waals surface area (Å²) in [6.45, 7) is 0. The van der Waals surface area contributed by atoms with E-state index in [9.17, 15) is 4.39 Å². The maximum absolute atomic E-state index is 13.9. The molecule has 0 saturated heterocycles. The molecule has 0 radical (unpaired) electrons. The van der Waals surface area contributed by atoms with Crippen molar-refractivity contribution in [1.82, 2.24) is 24.3 Å². The monoisotopic (exact) mass is 356 g/mol. The van der Waals surface area contributed by atoms with E-state index in [0.717, 1.165) is 22.3 Å². The Morgan fingerprint density at radius 1 is 0.852 bits per heavy atom. The zero-order chi connectivity index (χ0) is 18.4. The van der Waals surface area contributed by atoms with Crippen molar-refractivity contribution in [2.24, 2.45) is 0 Å². The van der Waals surface area contributed by atoms with Gasteiger partial charge in [-0.3, -0.25) is 14.4 Å². The van der Waals surface area contributed by atoms with Crippen molar-refractivity contribution in [3.05, 3.63) is 73.1 Å². The predicted molar refractivity (Wildman–Crippen MR) is 101 cm³/mol. The molecule has 0 unspecified atom stereocenters. The van der Waals surface area contributed by atoms with Gasteiger partial charge in [-0.1, -0.05) is 18.2 Å². The van der Waals surface area contributed by atoms with Gasteiger partial charge < -0.3 is 5.73 Å². The number of nitrogen functional groups attached to an aromatic ring is 1. The van der Waals surface area contributed by atoms with Gasteiger partial charge in [-0.05, 0) is 24.3 Å². The molecular weight excluding hydrogens is 343 g/mol. The van der Waals surface area contributed by atoms with Crippen LogP contribution in [0, 0.1) is 5.82 Å². The molecular formula is C20H13FN6. The molecule has 130 valence electrons. The van der Waals surface area contributed by atoms with E-state index in [-0.39, 0.29) is 11.6 Å². The summed E-state index contributed by atoms with van der Waals surface area (Å²) in [5.41, 5.74) is 11.0. The van der Waals surface area contributed by atoms with Gasteiger partial charge >= 0.3 is 0 Å². The van der Waals surface area contributed by atoms with E-state index >= 15 is 0 Å². The molecule has 2 N–H and O–H groups in total. The van der Waals surface area contributed by atoms with Crippen LogP contribution >= 0.6 is 0 Å². The predicted octanol–water partition coefficient (Wildman–Crippen LogP) is 3.73. The highest BCUT2D eigenvalue weighted by atomic mass is 19.1. The zero-order valence-electron chi connectivity index (χ0n) is 14.0. The van der Waals surface area contributed by atoms with E-state index in [1.807, 2.05) is 28.8 Å². The highest BCUT2D eigenvalue weighted by Crippen LogP contribution is 2.34. The van der Waals surface area contributed by atoms with Gasteiger partial charge in [0.2, 0.25) is 0 Å². The second-order valence-electron chi connectivity index (χ2n) is 6.09. The highest BCUT2D eigenvalue weighted by Gasteiger charge is 2.17. The minimum atomic E-state index is -0.339. The average Bonchev–Trinajstić information content (AvgIpc) is 3.18. The number of anilines is 1. The summed E-state index contributed by atoms with van der Waals surface area (Å²) in [6.07, 6.45) is 6.77. The molecule has 3 heterocycles. The lowest BCUT2D eigenvalue weighted by Crippen LogP contribution is -2.04. The number of hydrogen-bond donors (Lipinski definition) is 1. The fourth-order valence-electron chi connectivity index (χ4n) is 3.23. The van der Waals surface area contributed by atoms with Crippen LogP contribution < -0.4 is 5.73 Å². The molecule has 27 heavy (non-hydrogen) atoms. The van der Waals surface area contributed by atoms with E-state index in [2.05, 4.69) is 19.9 Å². The molecule has 5 aromatic rings. The van der Waals surface area contributed by atoms with Gasteiger partial charge in [0.1, 0.15) is 5.82 Å². The minimum Gasteiger partial charge on any atom is -0.381 e. The van der Waals surface area contributed by atoms with Crippen LogP contribution in [0.3, 0.4) is 0 Å². The second-order valence-corrected chi connectivity index (χ2v) is 6.09. The summed E-state index contributed by atoms with van der Waals surface area (Å²) in [5, 5.41) is 0. The average molecular weight is 356 g/mol. The second kappa shape index (κ2) is 5.84. The first kappa shape index (κ1) is 15.4. The first-order valence-corrected chi connectivity index (χ1v) is 8.30. The first-order valence-electron chi connectivity index (χ1n) is 8.30. The third-order valence-corrected chi connectivity index (χ3v) is 4.41. The molecule has 0 amide bonds. The van der Waals surface area contributed by atoms with Gasteiger partial charge in [0.15, 0.2) is 11.5 Å². The fraction of sp³-hybridized carbons (Fsp3) is 0. The number of fused-ring (bicyclic) bond motifs is 2. The van der Waals surface area contributed by atoms with Crippen LogP contribution in [-0.4, -0.2) is 24.3 Å². The molecule has 0 bridgehead atoms. The molecule has 0 aliphatic carbocycles. The smallest absolute Gasteiger partial charge is 0.180 e. The summed E-state index contributed by atoms with van der Waals surface area (Å²) in [5.74, 6) is -0.0579. The third kappa shape index (κ3) is 2.48. The van der Waals surface area contributed by atoms with E-state index in [1.54, 1.807) is 30.7 Å². The highest BCUT2D eigenvalue weighted by molar-refractivity contribution is 5.87.